The lowest BCUT2D eigenvalue weighted by Crippen LogP contribution is -2.24. The smallest absolute Gasteiger partial charge is 0.255 e. The van der Waals surface area contributed by atoms with Gasteiger partial charge in [-0.25, -0.2) is 0 Å². The number of pyridine rings is 1. The molecule has 0 fully saturated rings. The second-order valence-corrected chi connectivity index (χ2v) is 4.11. The molecule has 0 radical (unpaired) electrons. The predicted molar refractivity (Wildman–Crippen MR) is 50.8 cm³/mol. The molecule has 0 unspecified atom stereocenters. The van der Waals surface area contributed by atoms with Crippen molar-refractivity contribution in [2.75, 3.05) is 0 Å². The minimum Gasteiger partial charge on any atom is -0.255 e. The van der Waals surface area contributed by atoms with E-state index in [1.54, 1.807) is 6.07 Å². The van der Waals surface area contributed by atoms with Gasteiger partial charge in [0.25, 0.3) is 5.92 Å². The molecular formula is C10H10ClF2N. The van der Waals surface area contributed by atoms with Gasteiger partial charge in [0.2, 0.25) is 0 Å². The highest BCUT2D eigenvalue weighted by molar-refractivity contribution is 6.31. The molecule has 0 amide bonds. The lowest BCUT2D eigenvalue weighted by atomic mass is 9.85. The fraction of sp³-hybridized carbons (Fsp3) is 0.500. The standard InChI is InChI=1S/C10H10ClF2N/c1-6-2-4-10(12,13)9-8(6)7(11)3-5-14-9/h3,5-6H,2,4H2,1H3/t6-/m1/s1. The van der Waals surface area contributed by atoms with Gasteiger partial charge in [0.1, 0.15) is 5.69 Å². The van der Waals surface area contributed by atoms with Gasteiger partial charge >= 0.3 is 0 Å². The van der Waals surface area contributed by atoms with Crippen LogP contribution in [0.5, 0.6) is 0 Å². The third-order valence-corrected chi connectivity index (χ3v) is 3.00. The fourth-order valence-electron chi connectivity index (χ4n) is 1.87. The zero-order chi connectivity index (χ0) is 10.3. The highest BCUT2D eigenvalue weighted by Crippen LogP contribution is 2.45. The van der Waals surface area contributed by atoms with Crippen LogP contribution < -0.4 is 0 Å². The Morgan fingerprint density at radius 2 is 2.29 bits per heavy atom. The van der Waals surface area contributed by atoms with Crippen LogP contribution in [0.3, 0.4) is 0 Å². The van der Waals surface area contributed by atoms with Gasteiger partial charge in [-0.2, -0.15) is 8.78 Å². The van der Waals surface area contributed by atoms with E-state index in [0.717, 1.165) is 0 Å². The molecule has 76 valence electrons. The van der Waals surface area contributed by atoms with Crippen LogP contribution >= 0.6 is 11.6 Å². The summed E-state index contributed by atoms with van der Waals surface area (Å²) < 4.78 is 26.9. The Kier molecular flexibility index (Phi) is 2.22. The largest absolute Gasteiger partial charge is 0.290 e. The Labute approximate surface area is 86.1 Å². The van der Waals surface area contributed by atoms with Crippen LogP contribution in [0.15, 0.2) is 12.3 Å². The number of aromatic nitrogens is 1. The first-order valence-corrected chi connectivity index (χ1v) is 4.93. The monoisotopic (exact) mass is 217 g/mol. The van der Waals surface area contributed by atoms with E-state index in [0.29, 0.717) is 17.0 Å². The quantitative estimate of drug-likeness (QED) is 0.645. The first-order valence-electron chi connectivity index (χ1n) is 4.55. The molecule has 2 rings (SSSR count). The maximum absolute atomic E-state index is 13.4. The molecule has 0 spiro atoms. The van der Waals surface area contributed by atoms with Gasteiger partial charge in [-0.05, 0) is 18.4 Å². The number of hydrogen-bond acceptors (Lipinski definition) is 1. The molecule has 0 saturated heterocycles. The van der Waals surface area contributed by atoms with Crippen molar-refractivity contribution in [1.82, 2.24) is 4.98 Å². The predicted octanol–water partition coefficient (Wildman–Crippen LogP) is 3.72. The SMILES string of the molecule is C[C@@H]1CCC(F)(F)c2nccc(Cl)c21. The lowest BCUT2D eigenvalue weighted by molar-refractivity contribution is -0.0291. The zero-order valence-corrected chi connectivity index (χ0v) is 8.48. The Hall–Kier alpha value is -0.700. The molecule has 1 aromatic rings. The lowest BCUT2D eigenvalue weighted by Gasteiger charge is -2.28. The number of hydrogen-bond donors (Lipinski definition) is 0. The molecule has 1 nitrogen and oxygen atoms in total. The molecule has 14 heavy (non-hydrogen) atoms. The summed E-state index contributed by atoms with van der Waals surface area (Å²) in [6, 6.07) is 1.57. The third-order valence-electron chi connectivity index (χ3n) is 2.67. The van der Waals surface area contributed by atoms with Gasteiger partial charge in [-0.1, -0.05) is 18.5 Å². The van der Waals surface area contributed by atoms with Crippen molar-refractivity contribution in [3.63, 3.8) is 0 Å². The van der Waals surface area contributed by atoms with Crippen LogP contribution in [0.4, 0.5) is 8.78 Å². The Morgan fingerprint density at radius 3 is 2.93 bits per heavy atom. The summed E-state index contributed by atoms with van der Waals surface area (Å²) in [6.07, 6.45) is 1.67. The minimum absolute atomic E-state index is 0.0748. The normalized spacial score (nSPS) is 24.4. The topological polar surface area (TPSA) is 12.9 Å². The molecule has 1 aliphatic rings. The maximum Gasteiger partial charge on any atom is 0.290 e. The fourth-order valence-corrected chi connectivity index (χ4v) is 2.20. The van der Waals surface area contributed by atoms with Crippen molar-refractivity contribution in [2.45, 2.75) is 31.6 Å². The Balaban J connectivity index is 2.63. The number of alkyl halides is 2. The van der Waals surface area contributed by atoms with Crippen LogP contribution in [0.2, 0.25) is 5.02 Å². The Bertz CT molecular complexity index is 365. The van der Waals surface area contributed by atoms with Gasteiger partial charge < -0.3 is 0 Å². The summed E-state index contributed by atoms with van der Waals surface area (Å²) in [7, 11) is 0. The molecule has 1 heterocycles. The van der Waals surface area contributed by atoms with Crippen LogP contribution in [0.25, 0.3) is 0 Å². The van der Waals surface area contributed by atoms with E-state index >= 15 is 0 Å². The first kappa shape index (κ1) is 9.84. The molecule has 0 bridgehead atoms. The van der Waals surface area contributed by atoms with E-state index in [1.165, 1.54) is 6.20 Å². The summed E-state index contributed by atoms with van der Waals surface area (Å²) in [5, 5.41) is 0.405. The summed E-state index contributed by atoms with van der Waals surface area (Å²) in [5.74, 6) is -2.74. The van der Waals surface area contributed by atoms with Crippen molar-refractivity contribution in [3.8, 4) is 0 Å². The van der Waals surface area contributed by atoms with E-state index in [4.69, 9.17) is 11.6 Å². The number of halogens is 3. The zero-order valence-electron chi connectivity index (χ0n) is 7.73. The van der Waals surface area contributed by atoms with Crippen LogP contribution in [-0.2, 0) is 5.92 Å². The van der Waals surface area contributed by atoms with E-state index in [-0.39, 0.29) is 18.0 Å². The average Bonchev–Trinajstić information content (AvgIpc) is 2.12. The number of rotatable bonds is 0. The van der Waals surface area contributed by atoms with Crippen molar-refractivity contribution >= 4 is 11.6 Å². The van der Waals surface area contributed by atoms with Crippen LogP contribution in [0.1, 0.15) is 36.9 Å². The molecular weight excluding hydrogens is 208 g/mol. The summed E-state index contributed by atoms with van der Waals surface area (Å²) in [4.78, 5) is 3.75. The molecule has 1 atom stereocenters. The first-order chi connectivity index (χ1) is 6.52. The van der Waals surface area contributed by atoms with Gasteiger partial charge in [0.05, 0.1) is 0 Å². The number of nitrogens with zero attached hydrogens (tertiary/aromatic N) is 1. The highest BCUT2D eigenvalue weighted by Gasteiger charge is 2.41. The Morgan fingerprint density at radius 1 is 1.57 bits per heavy atom. The van der Waals surface area contributed by atoms with E-state index in [9.17, 15) is 8.78 Å². The number of fused-ring (bicyclic) bond motifs is 1. The van der Waals surface area contributed by atoms with Gasteiger partial charge in [0, 0.05) is 23.2 Å². The maximum atomic E-state index is 13.4. The minimum atomic E-state index is -2.81. The van der Waals surface area contributed by atoms with Crippen molar-refractivity contribution in [2.24, 2.45) is 0 Å². The molecule has 0 N–H and O–H groups in total. The molecule has 0 aliphatic heterocycles. The van der Waals surface area contributed by atoms with Crippen molar-refractivity contribution in [1.29, 1.82) is 0 Å². The molecule has 1 aliphatic carbocycles. The summed E-state index contributed by atoms with van der Waals surface area (Å²) in [6.45, 7) is 1.90. The van der Waals surface area contributed by atoms with E-state index < -0.39 is 5.92 Å². The second kappa shape index (κ2) is 3.16. The van der Waals surface area contributed by atoms with Crippen LogP contribution in [0, 0.1) is 0 Å². The summed E-state index contributed by atoms with van der Waals surface area (Å²) >= 11 is 5.89. The van der Waals surface area contributed by atoms with Gasteiger partial charge in [-0.15, -0.1) is 0 Å². The molecule has 0 aromatic carbocycles. The van der Waals surface area contributed by atoms with Crippen LogP contribution in [-0.4, -0.2) is 4.98 Å². The molecule has 1 aromatic heterocycles. The van der Waals surface area contributed by atoms with Gasteiger partial charge in [0.15, 0.2) is 0 Å². The highest BCUT2D eigenvalue weighted by atomic mass is 35.5. The molecule has 0 saturated carbocycles. The molecule has 4 heteroatoms. The third kappa shape index (κ3) is 1.40. The summed E-state index contributed by atoms with van der Waals surface area (Å²) in [5.41, 5.74) is 0.383. The van der Waals surface area contributed by atoms with Crippen molar-refractivity contribution in [3.05, 3.63) is 28.5 Å². The van der Waals surface area contributed by atoms with Gasteiger partial charge in [-0.3, -0.25) is 4.98 Å². The average molecular weight is 218 g/mol. The van der Waals surface area contributed by atoms with E-state index in [1.807, 2.05) is 6.92 Å². The van der Waals surface area contributed by atoms with E-state index in [2.05, 4.69) is 4.98 Å². The van der Waals surface area contributed by atoms with Crippen molar-refractivity contribution < 1.29 is 8.78 Å². The second-order valence-electron chi connectivity index (χ2n) is 3.70.